The molecule has 0 saturated heterocycles. The van der Waals surface area contributed by atoms with Gasteiger partial charge in [-0.3, -0.25) is 0 Å². The van der Waals surface area contributed by atoms with Crippen molar-refractivity contribution in [2.24, 2.45) is 23.2 Å². The van der Waals surface area contributed by atoms with Gasteiger partial charge in [0.1, 0.15) is 5.82 Å². The fourth-order valence-corrected chi connectivity index (χ4v) is 5.65. The van der Waals surface area contributed by atoms with Crippen molar-refractivity contribution in [2.75, 3.05) is 11.1 Å². The summed E-state index contributed by atoms with van der Waals surface area (Å²) in [6.45, 7) is 2.38. The van der Waals surface area contributed by atoms with Crippen molar-refractivity contribution in [1.82, 2.24) is 4.98 Å². The Kier molecular flexibility index (Phi) is 2.73. The molecule has 4 fully saturated rings. The summed E-state index contributed by atoms with van der Waals surface area (Å²) in [4.78, 5) is 4.08. The molecule has 3 N–H and O–H groups in total. The second-order valence-corrected chi connectivity index (χ2v) is 7.62. The maximum absolute atomic E-state index is 5.79. The monoisotopic (exact) mass is 271 g/mol. The molecular formula is C17H25N3. The molecule has 0 aromatic carbocycles. The van der Waals surface area contributed by atoms with Gasteiger partial charge in [-0.15, -0.1) is 0 Å². The number of pyridine rings is 1. The normalized spacial score (nSPS) is 39.8. The third-order valence-corrected chi connectivity index (χ3v) is 6.17. The third-order valence-electron chi connectivity index (χ3n) is 6.17. The van der Waals surface area contributed by atoms with Gasteiger partial charge in [0.15, 0.2) is 0 Å². The molecule has 1 atom stereocenters. The predicted molar refractivity (Wildman–Crippen MR) is 82.3 cm³/mol. The predicted octanol–water partition coefficient (Wildman–Crippen LogP) is 3.68. The molecule has 4 aliphatic rings. The SMILES string of the molecule is CC(Nc1ccnc(N)c1)C12CC3CC(CC(C3)C1)C2. The Morgan fingerprint density at radius 1 is 1.20 bits per heavy atom. The molecule has 1 aromatic heterocycles. The number of nitrogens with zero attached hydrogens (tertiary/aromatic N) is 1. The molecule has 3 nitrogen and oxygen atoms in total. The Balaban J connectivity index is 1.54. The molecule has 3 heteroatoms. The molecule has 1 heterocycles. The van der Waals surface area contributed by atoms with Crippen molar-refractivity contribution in [3.05, 3.63) is 18.3 Å². The Hall–Kier alpha value is -1.25. The number of hydrogen-bond acceptors (Lipinski definition) is 3. The van der Waals surface area contributed by atoms with Crippen LogP contribution in [0.4, 0.5) is 11.5 Å². The van der Waals surface area contributed by atoms with Gasteiger partial charge < -0.3 is 11.1 Å². The summed E-state index contributed by atoms with van der Waals surface area (Å²) in [5.41, 5.74) is 7.45. The molecule has 1 unspecified atom stereocenters. The summed E-state index contributed by atoms with van der Waals surface area (Å²) in [6, 6.07) is 4.53. The number of nitrogen functional groups attached to an aromatic ring is 1. The van der Waals surface area contributed by atoms with E-state index in [1.54, 1.807) is 6.20 Å². The zero-order valence-corrected chi connectivity index (χ0v) is 12.3. The maximum atomic E-state index is 5.79. The number of hydrogen-bond donors (Lipinski definition) is 2. The fraction of sp³-hybridized carbons (Fsp3) is 0.706. The third kappa shape index (κ3) is 1.99. The zero-order valence-electron chi connectivity index (χ0n) is 12.3. The molecule has 4 saturated carbocycles. The minimum atomic E-state index is 0.535. The first-order valence-electron chi connectivity index (χ1n) is 8.11. The topological polar surface area (TPSA) is 50.9 Å². The lowest BCUT2D eigenvalue weighted by Gasteiger charge is -2.59. The van der Waals surface area contributed by atoms with Gasteiger partial charge in [0.2, 0.25) is 0 Å². The van der Waals surface area contributed by atoms with Crippen molar-refractivity contribution in [3.63, 3.8) is 0 Å². The number of rotatable bonds is 3. The van der Waals surface area contributed by atoms with E-state index in [1.165, 1.54) is 38.5 Å². The lowest BCUT2D eigenvalue weighted by atomic mass is 9.48. The van der Waals surface area contributed by atoms with Gasteiger partial charge in [-0.05, 0) is 74.7 Å². The highest BCUT2D eigenvalue weighted by molar-refractivity contribution is 5.50. The van der Waals surface area contributed by atoms with E-state index >= 15 is 0 Å². The Morgan fingerprint density at radius 2 is 1.80 bits per heavy atom. The highest BCUT2D eigenvalue weighted by atomic mass is 15.0. The van der Waals surface area contributed by atoms with Gasteiger partial charge >= 0.3 is 0 Å². The fourth-order valence-electron chi connectivity index (χ4n) is 5.65. The Morgan fingerprint density at radius 3 is 2.35 bits per heavy atom. The largest absolute Gasteiger partial charge is 0.384 e. The van der Waals surface area contributed by atoms with Crippen molar-refractivity contribution in [1.29, 1.82) is 0 Å². The molecule has 0 spiro atoms. The smallest absolute Gasteiger partial charge is 0.125 e. The summed E-state index contributed by atoms with van der Waals surface area (Å²) in [5.74, 6) is 3.63. The van der Waals surface area contributed by atoms with E-state index in [0.717, 1.165) is 23.4 Å². The van der Waals surface area contributed by atoms with Gasteiger partial charge in [0.25, 0.3) is 0 Å². The highest BCUT2D eigenvalue weighted by Crippen LogP contribution is 2.61. The van der Waals surface area contributed by atoms with Crippen LogP contribution in [0.3, 0.4) is 0 Å². The molecular weight excluding hydrogens is 246 g/mol. The van der Waals surface area contributed by atoms with E-state index in [2.05, 4.69) is 17.2 Å². The number of anilines is 2. The van der Waals surface area contributed by atoms with E-state index < -0.39 is 0 Å². The van der Waals surface area contributed by atoms with E-state index in [-0.39, 0.29) is 0 Å². The number of nitrogens with one attached hydrogen (secondary N) is 1. The van der Waals surface area contributed by atoms with E-state index in [1.807, 2.05) is 12.1 Å². The quantitative estimate of drug-likeness (QED) is 0.881. The molecule has 0 amide bonds. The van der Waals surface area contributed by atoms with Crippen LogP contribution in [-0.4, -0.2) is 11.0 Å². The summed E-state index contributed by atoms with van der Waals surface area (Å²) < 4.78 is 0. The number of aromatic nitrogens is 1. The van der Waals surface area contributed by atoms with Crippen LogP contribution in [0.1, 0.15) is 45.4 Å². The second kappa shape index (κ2) is 4.37. The molecule has 108 valence electrons. The van der Waals surface area contributed by atoms with Crippen molar-refractivity contribution < 1.29 is 0 Å². The molecule has 4 aliphatic carbocycles. The maximum Gasteiger partial charge on any atom is 0.125 e. The van der Waals surface area contributed by atoms with Crippen molar-refractivity contribution >= 4 is 11.5 Å². The van der Waals surface area contributed by atoms with Gasteiger partial charge in [0.05, 0.1) is 0 Å². The first-order chi connectivity index (χ1) is 9.63. The van der Waals surface area contributed by atoms with Gasteiger partial charge in [0, 0.05) is 24.0 Å². The average Bonchev–Trinajstić information content (AvgIpc) is 2.37. The second-order valence-electron chi connectivity index (χ2n) is 7.62. The van der Waals surface area contributed by atoms with Crippen LogP contribution in [0.2, 0.25) is 0 Å². The first kappa shape index (κ1) is 12.5. The van der Waals surface area contributed by atoms with Crippen LogP contribution in [0.15, 0.2) is 18.3 Å². The molecule has 20 heavy (non-hydrogen) atoms. The summed E-state index contributed by atoms with van der Waals surface area (Å²) >= 11 is 0. The van der Waals surface area contributed by atoms with Crippen LogP contribution in [0.25, 0.3) is 0 Å². The minimum absolute atomic E-state index is 0.535. The lowest BCUT2D eigenvalue weighted by molar-refractivity contribution is -0.0602. The summed E-state index contributed by atoms with van der Waals surface area (Å²) in [6.07, 6.45) is 10.6. The van der Waals surface area contributed by atoms with Crippen molar-refractivity contribution in [3.8, 4) is 0 Å². The lowest BCUT2D eigenvalue weighted by Crippen LogP contribution is -2.52. The van der Waals surface area contributed by atoms with Crippen LogP contribution in [0.5, 0.6) is 0 Å². The van der Waals surface area contributed by atoms with Crippen LogP contribution >= 0.6 is 0 Å². The standard InChI is InChI=1S/C17H25N3/c1-11(20-15-2-3-19-16(18)7-15)17-8-12-4-13(9-17)6-14(5-12)10-17/h2-3,7,11-14H,4-6,8-10H2,1H3,(H3,18,19,20). The van der Waals surface area contributed by atoms with Gasteiger partial charge in [-0.25, -0.2) is 4.98 Å². The first-order valence-corrected chi connectivity index (χ1v) is 8.11. The van der Waals surface area contributed by atoms with Gasteiger partial charge in [-0.2, -0.15) is 0 Å². The average molecular weight is 271 g/mol. The summed E-state index contributed by atoms with van der Waals surface area (Å²) in [7, 11) is 0. The van der Waals surface area contributed by atoms with Crippen LogP contribution in [0, 0.1) is 23.2 Å². The van der Waals surface area contributed by atoms with Crippen LogP contribution < -0.4 is 11.1 Å². The van der Waals surface area contributed by atoms with E-state index in [4.69, 9.17) is 5.73 Å². The van der Waals surface area contributed by atoms with E-state index in [0.29, 0.717) is 17.3 Å². The molecule has 5 rings (SSSR count). The highest BCUT2D eigenvalue weighted by Gasteiger charge is 2.53. The van der Waals surface area contributed by atoms with Crippen LogP contribution in [-0.2, 0) is 0 Å². The molecule has 1 aromatic rings. The van der Waals surface area contributed by atoms with Gasteiger partial charge in [-0.1, -0.05) is 0 Å². The minimum Gasteiger partial charge on any atom is -0.384 e. The van der Waals surface area contributed by atoms with Crippen molar-refractivity contribution in [2.45, 2.75) is 51.5 Å². The number of nitrogens with two attached hydrogens (primary N) is 1. The Labute approximate surface area is 121 Å². The molecule has 0 aliphatic heterocycles. The van der Waals surface area contributed by atoms with E-state index in [9.17, 15) is 0 Å². The molecule has 0 radical (unpaired) electrons. The zero-order chi connectivity index (χ0) is 13.7. The summed E-state index contributed by atoms with van der Waals surface area (Å²) in [5, 5.41) is 3.72. The Bertz CT molecular complexity index is 475. The molecule has 4 bridgehead atoms.